The molecule has 4 atom stereocenters. The lowest BCUT2D eigenvalue weighted by Gasteiger charge is -2.40. The van der Waals surface area contributed by atoms with Crippen LogP contribution in [0.25, 0.3) is 6.08 Å². The number of ether oxygens (including phenoxy) is 1. The standard InChI is InChI=1S/C23H33N3O4/c1-4-5-16-6-7-18-21-20(23(29)24(2)3)17(14-27)19(13-26(18)22(16)28)25(21)12-15-8-10-30-11-9-15/h4-7,15,17,19-21,27H,8-14H2,1-3H3/b5-4-/t17-,19-,20+,21+/m0/s1. The Labute approximate surface area is 177 Å². The number of hydrogen-bond donors (Lipinski definition) is 1. The number of hydrogen-bond acceptors (Lipinski definition) is 5. The summed E-state index contributed by atoms with van der Waals surface area (Å²) in [6, 6.07) is 3.66. The maximum atomic E-state index is 13.2. The van der Waals surface area contributed by atoms with Crippen molar-refractivity contribution in [3.05, 3.63) is 39.8 Å². The van der Waals surface area contributed by atoms with Gasteiger partial charge in [-0.05, 0) is 37.8 Å². The molecule has 2 saturated heterocycles. The van der Waals surface area contributed by atoms with Gasteiger partial charge in [-0.25, -0.2) is 0 Å². The van der Waals surface area contributed by atoms with Crippen LogP contribution >= 0.6 is 0 Å². The van der Waals surface area contributed by atoms with Crippen LogP contribution < -0.4 is 5.56 Å². The van der Waals surface area contributed by atoms with Crippen LogP contribution in [0.1, 0.15) is 37.1 Å². The Morgan fingerprint density at radius 3 is 2.67 bits per heavy atom. The highest BCUT2D eigenvalue weighted by molar-refractivity contribution is 5.80. The minimum Gasteiger partial charge on any atom is -0.396 e. The van der Waals surface area contributed by atoms with Crippen LogP contribution in [0, 0.1) is 17.8 Å². The topological polar surface area (TPSA) is 75.0 Å². The van der Waals surface area contributed by atoms with Crippen molar-refractivity contribution in [1.29, 1.82) is 0 Å². The molecule has 3 aliphatic rings. The molecule has 1 N–H and O–H groups in total. The smallest absolute Gasteiger partial charge is 0.258 e. The van der Waals surface area contributed by atoms with Gasteiger partial charge < -0.3 is 19.3 Å². The number of nitrogens with zero attached hydrogens (tertiary/aromatic N) is 3. The van der Waals surface area contributed by atoms with Crippen molar-refractivity contribution in [2.45, 2.75) is 38.4 Å². The number of pyridine rings is 1. The summed E-state index contributed by atoms with van der Waals surface area (Å²) in [6.07, 6.45) is 5.73. The molecule has 1 amide bonds. The predicted octanol–water partition coefficient (Wildman–Crippen LogP) is 1.36. The van der Waals surface area contributed by atoms with E-state index in [0.717, 1.165) is 38.3 Å². The zero-order valence-corrected chi connectivity index (χ0v) is 18.2. The zero-order chi connectivity index (χ0) is 21.4. The summed E-state index contributed by atoms with van der Waals surface area (Å²) in [7, 11) is 3.54. The second-order valence-corrected chi connectivity index (χ2v) is 9.00. The van der Waals surface area contributed by atoms with Crippen LogP contribution in [0.4, 0.5) is 0 Å². The van der Waals surface area contributed by atoms with Crippen molar-refractivity contribution in [1.82, 2.24) is 14.4 Å². The van der Waals surface area contributed by atoms with Crippen molar-refractivity contribution >= 4 is 12.0 Å². The zero-order valence-electron chi connectivity index (χ0n) is 18.2. The Bertz CT molecular complexity index is 872. The monoisotopic (exact) mass is 415 g/mol. The van der Waals surface area contributed by atoms with Gasteiger partial charge in [0.2, 0.25) is 5.91 Å². The molecule has 0 saturated carbocycles. The van der Waals surface area contributed by atoms with Crippen molar-refractivity contribution in [3.63, 3.8) is 0 Å². The van der Waals surface area contributed by atoms with Crippen molar-refractivity contribution in [2.24, 2.45) is 17.8 Å². The molecule has 0 radical (unpaired) electrons. The molecule has 0 aromatic carbocycles. The van der Waals surface area contributed by atoms with E-state index in [1.807, 2.05) is 35.8 Å². The van der Waals surface area contributed by atoms with Crippen molar-refractivity contribution in [2.75, 3.05) is 40.5 Å². The minimum absolute atomic E-state index is 0.0130. The number of fused-ring (bicyclic) bond motifs is 4. The van der Waals surface area contributed by atoms with Crippen LogP contribution in [0.2, 0.25) is 0 Å². The first kappa shape index (κ1) is 21.3. The Kier molecular flexibility index (Phi) is 6.14. The lowest BCUT2D eigenvalue weighted by molar-refractivity contribution is -0.135. The van der Waals surface area contributed by atoms with Gasteiger partial charge in [0.1, 0.15) is 0 Å². The molecule has 1 aromatic rings. The average molecular weight is 416 g/mol. The van der Waals surface area contributed by atoms with E-state index in [1.165, 1.54) is 0 Å². The van der Waals surface area contributed by atoms with Gasteiger partial charge in [-0.2, -0.15) is 0 Å². The molecular formula is C23H33N3O4. The average Bonchev–Trinajstić information content (AvgIpc) is 2.94. The number of aliphatic hydroxyl groups is 1. The number of rotatable bonds is 5. The quantitative estimate of drug-likeness (QED) is 0.786. The van der Waals surface area contributed by atoms with Gasteiger partial charge in [0.15, 0.2) is 0 Å². The Hall–Kier alpha value is -1.96. The summed E-state index contributed by atoms with van der Waals surface area (Å²) in [5, 5.41) is 10.3. The highest BCUT2D eigenvalue weighted by Gasteiger charge is 2.56. The fourth-order valence-corrected chi connectivity index (χ4v) is 5.60. The number of allylic oxidation sites excluding steroid dienone is 1. The minimum atomic E-state index is -0.351. The van der Waals surface area contributed by atoms with Crippen LogP contribution in [0.3, 0.4) is 0 Å². The highest BCUT2D eigenvalue weighted by Crippen LogP contribution is 2.49. The Balaban J connectivity index is 1.79. The third-order valence-corrected chi connectivity index (χ3v) is 7.08. The summed E-state index contributed by atoms with van der Waals surface area (Å²) in [4.78, 5) is 30.4. The number of carbonyl (C=O) groups is 1. The van der Waals surface area contributed by atoms with Gasteiger partial charge in [-0.15, -0.1) is 0 Å². The van der Waals surface area contributed by atoms with Gasteiger partial charge in [0.25, 0.3) is 5.56 Å². The van der Waals surface area contributed by atoms with E-state index in [9.17, 15) is 14.7 Å². The number of carbonyl (C=O) groups excluding carboxylic acids is 1. The first-order valence-electron chi connectivity index (χ1n) is 11.0. The SMILES string of the molecule is C/C=C\c1ccc2n(c1=O)C[C@H]1[C@H](CO)[C@@H](C(=O)N(C)C)[C@@H]2N1CC1CCOCC1. The second kappa shape index (κ2) is 8.65. The summed E-state index contributed by atoms with van der Waals surface area (Å²) in [5.41, 5.74) is 1.54. The fourth-order valence-electron chi connectivity index (χ4n) is 5.60. The third-order valence-electron chi connectivity index (χ3n) is 7.08. The van der Waals surface area contributed by atoms with Crippen LogP contribution in [-0.4, -0.2) is 71.9 Å². The van der Waals surface area contributed by atoms with E-state index in [2.05, 4.69) is 4.90 Å². The molecule has 4 heterocycles. The molecule has 3 aliphatic heterocycles. The summed E-state index contributed by atoms with van der Waals surface area (Å²) in [6.45, 7) is 4.79. The van der Waals surface area contributed by atoms with Crippen molar-refractivity contribution < 1.29 is 14.6 Å². The van der Waals surface area contributed by atoms with E-state index in [1.54, 1.807) is 19.0 Å². The molecule has 2 fully saturated rings. The third kappa shape index (κ3) is 3.53. The first-order valence-corrected chi connectivity index (χ1v) is 11.0. The molecular weight excluding hydrogens is 382 g/mol. The summed E-state index contributed by atoms with van der Waals surface area (Å²) < 4.78 is 7.37. The Morgan fingerprint density at radius 2 is 2.03 bits per heavy atom. The lowest BCUT2D eigenvalue weighted by atomic mass is 9.86. The van der Waals surface area contributed by atoms with E-state index >= 15 is 0 Å². The summed E-state index contributed by atoms with van der Waals surface area (Å²) in [5.74, 6) is -0.00130. The molecule has 0 aliphatic carbocycles. The maximum absolute atomic E-state index is 13.2. The van der Waals surface area contributed by atoms with E-state index in [-0.39, 0.29) is 42.0 Å². The molecule has 1 aromatic heterocycles. The largest absolute Gasteiger partial charge is 0.396 e. The lowest BCUT2D eigenvalue weighted by Crippen LogP contribution is -2.48. The summed E-state index contributed by atoms with van der Waals surface area (Å²) >= 11 is 0. The molecule has 2 bridgehead atoms. The number of aromatic nitrogens is 1. The second-order valence-electron chi connectivity index (χ2n) is 9.00. The van der Waals surface area contributed by atoms with E-state index in [4.69, 9.17) is 4.74 Å². The normalized spacial score (nSPS) is 29.3. The first-order chi connectivity index (χ1) is 14.5. The maximum Gasteiger partial charge on any atom is 0.258 e. The predicted molar refractivity (Wildman–Crippen MR) is 115 cm³/mol. The molecule has 164 valence electrons. The van der Waals surface area contributed by atoms with Gasteiger partial charge in [-0.1, -0.05) is 12.2 Å². The molecule has 0 unspecified atom stereocenters. The Morgan fingerprint density at radius 1 is 1.30 bits per heavy atom. The fraction of sp³-hybridized carbons (Fsp3) is 0.652. The van der Waals surface area contributed by atoms with Gasteiger partial charge in [-0.3, -0.25) is 14.5 Å². The number of aliphatic hydroxyl groups excluding tert-OH is 1. The van der Waals surface area contributed by atoms with Gasteiger partial charge in [0, 0.05) is 70.2 Å². The molecule has 0 spiro atoms. The van der Waals surface area contributed by atoms with E-state index < -0.39 is 0 Å². The highest BCUT2D eigenvalue weighted by atomic mass is 16.5. The van der Waals surface area contributed by atoms with Gasteiger partial charge >= 0.3 is 0 Å². The van der Waals surface area contributed by atoms with Crippen LogP contribution in [-0.2, 0) is 16.1 Å². The molecule has 4 rings (SSSR count). The number of amides is 1. The molecule has 30 heavy (non-hydrogen) atoms. The van der Waals surface area contributed by atoms with Crippen molar-refractivity contribution in [3.8, 4) is 0 Å². The van der Waals surface area contributed by atoms with Crippen LogP contribution in [0.5, 0.6) is 0 Å². The van der Waals surface area contributed by atoms with Crippen LogP contribution in [0.15, 0.2) is 23.0 Å². The van der Waals surface area contributed by atoms with Gasteiger partial charge in [0.05, 0.1) is 12.0 Å². The molecule has 7 nitrogen and oxygen atoms in total. The molecule has 7 heteroatoms. The van der Waals surface area contributed by atoms with E-state index in [0.29, 0.717) is 18.0 Å².